The summed E-state index contributed by atoms with van der Waals surface area (Å²) in [5, 5.41) is 19.8. The molecule has 8 heteroatoms. The third kappa shape index (κ3) is 4.42. The highest BCUT2D eigenvalue weighted by molar-refractivity contribution is 8.00. The first-order chi connectivity index (χ1) is 13.2. The molecule has 27 heavy (non-hydrogen) atoms. The first kappa shape index (κ1) is 19.2. The molecule has 0 fully saturated rings. The number of benzene rings is 1. The molecule has 1 aromatic carbocycles. The summed E-state index contributed by atoms with van der Waals surface area (Å²) < 4.78 is 5.33. The summed E-state index contributed by atoms with van der Waals surface area (Å²) >= 11 is 4.36. The average molecular weight is 411 g/mol. The molecule has 3 aromatic rings. The van der Waals surface area contributed by atoms with E-state index in [4.69, 9.17) is 10.2 Å². The van der Waals surface area contributed by atoms with Crippen LogP contribution in [0.5, 0.6) is 0 Å². The molecule has 5 nitrogen and oxygen atoms in total. The minimum atomic E-state index is 0.127. The number of nitrogens with zero attached hydrogens (tertiary/aromatic N) is 3. The summed E-state index contributed by atoms with van der Waals surface area (Å²) in [6, 6.07) is 15.9. The van der Waals surface area contributed by atoms with E-state index in [1.807, 2.05) is 36.6 Å². The van der Waals surface area contributed by atoms with Crippen LogP contribution in [0.4, 0.5) is 5.82 Å². The van der Waals surface area contributed by atoms with Crippen molar-refractivity contribution in [3.8, 4) is 12.1 Å². The molecule has 0 unspecified atom stereocenters. The van der Waals surface area contributed by atoms with Crippen LogP contribution < -0.4 is 5.73 Å². The zero-order chi connectivity index (χ0) is 19.2. The molecular weight excluding hydrogens is 396 g/mol. The normalized spacial score (nSPS) is 10.3. The first-order valence-corrected chi connectivity index (χ1v) is 10.8. The van der Waals surface area contributed by atoms with Crippen molar-refractivity contribution in [1.29, 1.82) is 10.5 Å². The Kier molecular flexibility index (Phi) is 6.36. The quantitative estimate of drug-likeness (QED) is 0.556. The fourth-order valence-electron chi connectivity index (χ4n) is 2.27. The molecule has 2 N–H and O–H groups in total. The maximum Gasteiger partial charge on any atom is 0.143 e. The van der Waals surface area contributed by atoms with Crippen LogP contribution in [0, 0.1) is 22.7 Å². The van der Waals surface area contributed by atoms with Crippen molar-refractivity contribution in [3.05, 3.63) is 59.5 Å². The van der Waals surface area contributed by atoms with Gasteiger partial charge in [0, 0.05) is 9.79 Å². The van der Waals surface area contributed by atoms with Gasteiger partial charge in [0.15, 0.2) is 0 Å². The van der Waals surface area contributed by atoms with E-state index < -0.39 is 0 Å². The Labute approximate surface area is 170 Å². The van der Waals surface area contributed by atoms with Crippen molar-refractivity contribution in [1.82, 2.24) is 4.98 Å². The van der Waals surface area contributed by atoms with Gasteiger partial charge in [-0.1, -0.05) is 23.5 Å². The maximum absolute atomic E-state index is 9.73. The number of hydrogen-bond acceptors (Lipinski definition) is 8. The maximum atomic E-state index is 9.73. The molecule has 134 valence electrons. The molecule has 0 atom stereocenters. The second-order valence-corrected chi connectivity index (χ2v) is 8.18. The lowest BCUT2D eigenvalue weighted by Crippen LogP contribution is -2.02. The average Bonchev–Trinajstić information content (AvgIpc) is 3.20. The Morgan fingerprint density at radius 1 is 1.07 bits per heavy atom. The summed E-state index contributed by atoms with van der Waals surface area (Å²) in [6.45, 7) is 0. The van der Waals surface area contributed by atoms with Gasteiger partial charge in [-0.25, -0.2) is 4.98 Å². The largest absolute Gasteiger partial charge is 0.468 e. The van der Waals surface area contributed by atoms with Crippen LogP contribution in [-0.4, -0.2) is 11.2 Å². The van der Waals surface area contributed by atoms with Gasteiger partial charge in [0.25, 0.3) is 0 Å². The number of hydrogen-bond donors (Lipinski definition) is 1. The third-order valence-corrected chi connectivity index (χ3v) is 6.44. The lowest BCUT2D eigenvalue weighted by molar-refractivity contribution is 0.530. The molecule has 0 saturated carbocycles. The summed E-state index contributed by atoms with van der Waals surface area (Å²) in [6.07, 6.45) is 3.61. The smallest absolute Gasteiger partial charge is 0.143 e. The highest BCUT2D eigenvalue weighted by Crippen LogP contribution is 2.39. The number of nitriles is 2. The van der Waals surface area contributed by atoms with Crippen molar-refractivity contribution in [2.24, 2.45) is 0 Å². The Bertz CT molecular complexity index is 1020. The highest BCUT2D eigenvalue weighted by Gasteiger charge is 2.20. The van der Waals surface area contributed by atoms with E-state index in [0.717, 1.165) is 15.6 Å². The van der Waals surface area contributed by atoms with Crippen LogP contribution in [0.1, 0.15) is 16.9 Å². The van der Waals surface area contributed by atoms with Crippen molar-refractivity contribution in [2.45, 2.75) is 25.5 Å². The molecule has 0 bridgehead atoms. The summed E-state index contributed by atoms with van der Waals surface area (Å²) in [7, 11) is 0. The third-order valence-electron chi connectivity index (χ3n) is 3.58. The Morgan fingerprint density at radius 3 is 2.37 bits per heavy atom. The molecule has 0 aliphatic carbocycles. The van der Waals surface area contributed by atoms with Crippen LogP contribution in [0.3, 0.4) is 0 Å². The zero-order valence-corrected chi connectivity index (χ0v) is 16.8. The van der Waals surface area contributed by atoms with Gasteiger partial charge in [0.1, 0.15) is 34.3 Å². The Balaban J connectivity index is 1.99. The molecule has 0 radical (unpaired) electrons. The molecule has 0 spiro atoms. The van der Waals surface area contributed by atoms with Crippen molar-refractivity contribution in [3.63, 3.8) is 0 Å². The summed E-state index contributed by atoms with van der Waals surface area (Å²) in [5.41, 5.74) is 6.60. The molecule has 0 aliphatic rings. The predicted molar refractivity (Wildman–Crippen MR) is 109 cm³/mol. The fraction of sp³-hybridized carbons (Fsp3) is 0.105. The van der Waals surface area contributed by atoms with Gasteiger partial charge in [-0.3, -0.25) is 0 Å². The highest BCUT2D eigenvalue weighted by atomic mass is 32.2. The standard InChI is InChI=1S/C19H14N4OS3/c1-25-13-4-6-14(7-5-13)27-17-15(9-20)18(22)23-19(16(17)10-21)26-11-12-3-2-8-24-12/h2-8H,11H2,1H3,(H2,22,23). The van der Waals surface area contributed by atoms with Crippen molar-refractivity contribution >= 4 is 41.1 Å². The SMILES string of the molecule is CSc1ccc(Sc2c(C#N)c(N)nc(SCc3ccco3)c2C#N)cc1. The Morgan fingerprint density at radius 2 is 1.78 bits per heavy atom. The molecular formula is C19H14N4OS3. The van der Waals surface area contributed by atoms with Crippen LogP contribution in [-0.2, 0) is 5.75 Å². The van der Waals surface area contributed by atoms with E-state index in [0.29, 0.717) is 21.2 Å². The molecule has 0 amide bonds. The molecule has 3 rings (SSSR count). The number of pyridine rings is 1. The first-order valence-electron chi connectivity index (χ1n) is 7.77. The second-order valence-electron chi connectivity index (χ2n) is 5.25. The predicted octanol–water partition coefficient (Wildman–Crippen LogP) is 5.17. The number of nitrogens with two attached hydrogens (primary N) is 1. The van der Waals surface area contributed by atoms with E-state index in [1.165, 1.54) is 23.5 Å². The lowest BCUT2D eigenvalue weighted by Gasteiger charge is -2.12. The van der Waals surface area contributed by atoms with Gasteiger partial charge < -0.3 is 10.2 Å². The second kappa shape index (κ2) is 8.92. The van der Waals surface area contributed by atoms with Crippen LogP contribution >= 0.6 is 35.3 Å². The van der Waals surface area contributed by atoms with E-state index in [9.17, 15) is 10.5 Å². The van der Waals surface area contributed by atoms with E-state index in [-0.39, 0.29) is 11.4 Å². The molecule has 0 aliphatic heterocycles. The molecule has 0 saturated heterocycles. The van der Waals surface area contributed by atoms with Gasteiger partial charge >= 0.3 is 0 Å². The number of aromatic nitrogens is 1. The van der Waals surface area contributed by atoms with Crippen molar-refractivity contribution in [2.75, 3.05) is 12.0 Å². The number of furan rings is 1. The minimum absolute atomic E-state index is 0.127. The van der Waals surface area contributed by atoms with Crippen LogP contribution in [0.25, 0.3) is 0 Å². The van der Waals surface area contributed by atoms with E-state index >= 15 is 0 Å². The molecule has 2 heterocycles. The van der Waals surface area contributed by atoms with Gasteiger partial charge in [-0.05, 0) is 42.7 Å². The van der Waals surface area contributed by atoms with E-state index in [2.05, 4.69) is 17.1 Å². The summed E-state index contributed by atoms with van der Waals surface area (Å²) in [5.74, 6) is 1.42. The fourth-order valence-corrected chi connectivity index (χ4v) is 4.64. The van der Waals surface area contributed by atoms with Crippen LogP contribution in [0.15, 0.2) is 66.8 Å². The van der Waals surface area contributed by atoms with Crippen LogP contribution in [0.2, 0.25) is 0 Å². The zero-order valence-electron chi connectivity index (χ0n) is 14.3. The van der Waals surface area contributed by atoms with Gasteiger partial charge in [0.2, 0.25) is 0 Å². The monoisotopic (exact) mass is 410 g/mol. The number of nitrogen functional groups attached to an aromatic ring is 1. The topological polar surface area (TPSA) is 99.6 Å². The Hall–Kier alpha value is -2.52. The van der Waals surface area contributed by atoms with Crippen molar-refractivity contribution < 1.29 is 4.42 Å². The summed E-state index contributed by atoms with van der Waals surface area (Å²) in [4.78, 5) is 6.88. The number of rotatable bonds is 6. The number of anilines is 1. The van der Waals surface area contributed by atoms with Gasteiger partial charge in [-0.2, -0.15) is 10.5 Å². The minimum Gasteiger partial charge on any atom is -0.468 e. The van der Waals surface area contributed by atoms with Gasteiger partial charge in [0.05, 0.1) is 22.5 Å². The lowest BCUT2D eigenvalue weighted by atomic mass is 10.2. The van der Waals surface area contributed by atoms with Gasteiger partial charge in [-0.15, -0.1) is 11.8 Å². The molecule has 2 aromatic heterocycles. The number of thioether (sulfide) groups is 2. The van der Waals surface area contributed by atoms with E-state index in [1.54, 1.807) is 24.1 Å².